The van der Waals surface area contributed by atoms with Gasteiger partial charge in [-0.1, -0.05) is 0 Å². The van der Waals surface area contributed by atoms with Gasteiger partial charge in [-0.15, -0.1) is 0 Å². The molecule has 4 nitrogen and oxygen atoms in total. The molecular formula is C7H12N2O2S. The van der Waals surface area contributed by atoms with E-state index in [0.29, 0.717) is 18.1 Å². The maximum atomic E-state index is 10.9. The first kappa shape index (κ1) is 9.41. The summed E-state index contributed by atoms with van der Waals surface area (Å²) in [5.74, 6) is -0.0401. The Kier molecular flexibility index (Phi) is 2.99. The van der Waals surface area contributed by atoms with Crippen LogP contribution in [0.1, 0.15) is 13.3 Å². The number of thiocarbonyl (C=S) groups is 1. The van der Waals surface area contributed by atoms with Gasteiger partial charge < -0.3 is 15.3 Å². The van der Waals surface area contributed by atoms with Crippen LogP contribution in [0.4, 0.5) is 0 Å². The van der Waals surface area contributed by atoms with Gasteiger partial charge in [0.25, 0.3) is 0 Å². The molecule has 1 rings (SSSR count). The van der Waals surface area contributed by atoms with Crippen LogP contribution in [0.25, 0.3) is 0 Å². The minimum Gasteiger partial charge on any atom is -0.395 e. The molecule has 0 bridgehead atoms. The van der Waals surface area contributed by atoms with Crippen molar-refractivity contribution in [2.24, 2.45) is 0 Å². The minimum absolute atomic E-state index is 0.0401. The summed E-state index contributed by atoms with van der Waals surface area (Å²) in [7, 11) is 0. The van der Waals surface area contributed by atoms with E-state index in [1.165, 1.54) is 0 Å². The van der Waals surface area contributed by atoms with Crippen molar-refractivity contribution >= 4 is 23.2 Å². The zero-order chi connectivity index (χ0) is 9.14. The van der Waals surface area contributed by atoms with Gasteiger partial charge in [-0.05, 0) is 19.1 Å². The monoisotopic (exact) mass is 188 g/mol. The highest BCUT2D eigenvalue weighted by atomic mass is 32.1. The predicted octanol–water partition coefficient (Wildman–Crippen LogP) is -0.526. The standard InChI is InChI=1S/C7H12N2O2S/c1-5-4-6(11)8-7(12)9(5)2-3-10/h5,10H,2-4H2,1H3,(H,8,11,12). The number of hydrogen-bond acceptors (Lipinski definition) is 3. The SMILES string of the molecule is CC1CC(=O)NC(=S)N1CCO. The van der Waals surface area contributed by atoms with Crippen LogP contribution in [0.5, 0.6) is 0 Å². The summed E-state index contributed by atoms with van der Waals surface area (Å²) in [4.78, 5) is 12.8. The molecule has 0 spiro atoms. The van der Waals surface area contributed by atoms with Gasteiger partial charge in [0.2, 0.25) is 5.91 Å². The highest BCUT2D eigenvalue weighted by Crippen LogP contribution is 2.08. The fourth-order valence-corrected chi connectivity index (χ4v) is 1.64. The Hall–Kier alpha value is -0.680. The van der Waals surface area contributed by atoms with Crippen LogP contribution >= 0.6 is 12.2 Å². The van der Waals surface area contributed by atoms with E-state index in [2.05, 4.69) is 5.32 Å². The first-order chi connectivity index (χ1) is 5.65. The number of aliphatic hydroxyl groups excluding tert-OH is 1. The number of hydrogen-bond donors (Lipinski definition) is 2. The normalized spacial score (nSPS) is 24.2. The van der Waals surface area contributed by atoms with Crippen molar-refractivity contribution in [1.82, 2.24) is 10.2 Å². The van der Waals surface area contributed by atoms with E-state index in [0.717, 1.165) is 0 Å². The minimum atomic E-state index is -0.0401. The van der Waals surface area contributed by atoms with E-state index in [1.807, 2.05) is 11.8 Å². The molecule has 1 amide bonds. The summed E-state index contributed by atoms with van der Waals surface area (Å²) in [6.45, 7) is 2.46. The van der Waals surface area contributed by atoms with Crippen LogP contribution in [0.2, 0.25) is 0 Å². The average molecular weight is 188 g/mol. The van der Waals surface area contributed by atoms with Crippen molar-refractivity contribution in [3.63, 3.8) is 0 Å². The van der Waals surface area contributed by atoms with Gasteiger partial charge in [-0.2, -0.15) is 0 Å². The fourth-order valence-electron chi connectivity index (χ4n) is 1.25. The van der Waals surface area contributed by atoms with E-state index < -0.39 is 0 Å². The Balaban J connectivity index is 2.60. The van der Waals surface area contributed by atoms with E-state index in [9.17, 15) is 4.79 Å². The van der Waals surface area contributed by atoms with Gasteiger partial charge in [0.05, 0.1) is 6.61 Å². The van der Waals surface area contributed by atoms with Gasteiger partial charge in [0.1, 0.15) is 0 Å². The Morgan fingerprint density at radius 1 is 1.83 bits per heavy atom. The predicted molar refractivity (Wildman–Crippen MR) is 48.6 cm³/mol. The molecule has 0 saturated carbocycles. The van der Waals surface area contributed by atoms with Crippen molar-refractivity contribution in [2.45, 2.75) is 19.4 Å². The second-order valence-electron chi connectivity index (χ2n) is 2.82. The van der Waals surface area contributed by atoms with Crippen molar-refractivity contribution in [2.75, 3.05) is 13.2 Å². The molecule has 1 atom stereocenters. The topological polar surface area (TPSA) is 52.6 Å². The quantitative estimate of drug-likeness (QED) is 0.572. The molecule has 1 unspecified atom stereocenters. The third-order valence-electron chi connectivity index (χ3n) is 1.86. The van der Waals surface area contributed by atoms with Crippen LogP contribution in [0, 0.1) is 0 Å². The molecule has 1 fully saturated rings. The van der Waals surface area contributed by atoms with Crippen molar-refractivity contribution in [3.8, 4) is 0 Å². The van der Waals surface area contributed by atoms with Gasteiger partial charge >= 0.3 is 0 Å². The molecule has 2 N–H and O–H groups in total. The number of rotatable bonds is 2. The summed E-state index contributed by atoms with van der Waals surface area (Å²) >= 11 is 4.93. The lowest BCUT2D eigenvalue weighted by atomic mass is 10.1. The molecule has 1 saturated heterocycles. The Bertz CT molecular complexity index is 208. The smallest absolute Gasteiger partial charge is 0.228 e. The van der Waals surface area contributed by atoms with Crippen LogP contribution < -0.4 is 5.32 Å². The number of nitrogens with one attached hydrogen (secondary N) is 1. The van der Waals surface area contributed by atoms with E-state index >= 15 is 0 Å². The molecular weight excluding hydrogens is 176 g/mol. The van der Waals surface area contributed by atoms with Gasteiger partial charge in [-0.25, -0.2) is 0 Å². The largest absolute Gasteiger partial charge is 0.395 e. The Morgan fingerprint density at radius 3 is 3.00 bits per heavy atom. The van der Waals surface area contributed by atoms with Gasteiger partial charge in [0.15, 0.2) is 5.11 Å². The van der Waals surface area contributed by atoms with Crippen molar-refractivity contribution in [1.29, 1.82) is 0 Å². The maximum Gasteiger partial charge on any atom is 0.228 e. The summed E-state index contributed by atoms with van der Waals surface area (Å²) < 4.78 is 0. The molecule has 0 aliphatic carbocycles. The lowest BCUT2D eigenvalue weighted by molar-refractivity contribution is -0.121. The molecule has 1 aliphatic heterocycles. The van der Waals surface area contributed by atoms with Crippen LogP contribution in [-0.2, 0) is 4.79 Å². The second-order valence-corrected chi connectivity index (χ2v) is 3.21. The number of β-amino-alcohol motifs (C(OH)–C–C–N with tert-alkyl or cyclic N) is 1. The lowest BCUT2D eigenvalue weighted by Gasteiger charge is -2.34. The maximum absolute atomic E-state index is 10.9. The number of amides is 1. The fraction of sp³-hybridized carbons (Fsp3) is 0.714. The summed E-state index contributed by atoms with van der Waals surface area (Å²) in [5, 5.41) is 11.7. The first-order valence-corrected chi connectivity index (χ1v) is 4.27. The highest BCUT2D eigenvalue weighted by Gasteiger charge is 2.25. The van der Waals surface area contributed by atoms with Crippen LogP contribution in [0.15, 0.2) is 0 Å². The molecule has 12 heavy (non-hydrogen) atoms. The second kappa shape index (κ2) is 3.82. The zero-order valence-corrected chi connectivity index (χ0v) is 7.73. The summed E-state index contributed by atoms with van der Waals surface area (Å²) in [5.41, 5.74) is 0. The van der Waals surface area contributed by atoms with Crippen LogP contribution in [0.3, 0.4) is 0 Å². The molecule has 0 radical (unpaired) electrons. The van der Waals surface area contributed by atoms with Gasteiger partial charge in [-0.3, -0.25) is 4.79 Å². The summed E-state index contributed by atoms with van der Waals surface area (Å²) in [6.07, 6.45) is 0.445. The van der Waals surface area contributed by atoms with Gasteiger partial charge in [0, 0.05) is 19.0 Å². The van der Waals surface area contributed by atoms with Crippen LogP contribution in [-0.4, -0.2) is 40.2 Å². The van der Waals surface area contributed by atoms with E-state index in [1.54, 1.807) is 0 Å². The van der Waals surface area contributed by atoms with E-state index in [4.69, 9.17) is 17.3 Å². The van der Waals surface area contributed by atoms with Crippen molar-refractivity contribution in [3.05, 3.63) is 0 Å². The van der Waals surface area contributed by atoms with Crippen molar-refractivity contribution < 1.29 is 9.90 Å². The number of carbonyl (C=O) groups is 1. The number of carbonyl (C=O) groups excluding carboxylic acids is 1. The molecule has 1 aliphatic rings. The molecule has 5 heteroatoms. The summed E-state index contributed by atoms with van der Waals surface area (Å²) in [6, 6.07) is 0.0957. The third kappa shape index (κ3) is 1.92. The average Bonchev–Trinajstić information content (AvgIpc) is 1.96. The first-order valence-electron chi connectivity index (χ1n) is 3.86. The van der Waals surface area contributed by atoms with E-state index in [-0.39, 0.29) is 18.6 Å². The Morgan fingerprint density at radius 2 is 2.50 bits per heavy atom. The Labute approximate surface area is 76.5 Å². The number of nitrogens with zero attached hydrogens (tertiary/aromatic N) is 1. The molecule has 68 valence electrons. The zero-order valence-electron chi connectivity index (χ0n) is 6.91. The number of aliphatic hydroxyl groups is 1. The highest BCUT2D eigenvalue weighted by molar-refractivity contribution is 7.80. The molecule has 0 aromatic rings. The molecule has 0 aromatic carbocycles. The molecule has 0 aromatic heterocycles. The lowest BCUT2D eigenvalue weighted by Crippen LogP contribution is -2.54. The third-order valence-corrected chi connectivity index (χ3v) is 2.20. The molecule has 1 heterocycles.